The molecule has 1 rings (SSSR count). The molecule has 0 saturated carbocycles. The maximum absolute atomic E-state index is 12.2. The summed E-state index contributed by atoms with van der Waals surface area (Å²) in [5.74, 6) is -0.791. The summed E-state index contributed by atoms with van der Waals surface area (Å²) in [5.41, 5.74) is 0. The van der Waals surface area contributed by atoms with Gasteiger partial charge in [-0.25, -0.2) is 0 Å². The van der Waals surface area contributed by atoms with Crippen molar-refractivity contribution in [2.75, 3.05) is 13.2 Å². The molecule has 0 aromatic heterocycles. The first-order valence-corrected chi connectivity index (χ1v) is 17.1. The zero-order chi connectivity index (χ0) is 31.5. The van der Waals surface area contributed by atoms with Crippen LogP contribution < -0.4 is 0 Å². The molecule has 7 heteroatoms. The molecule has 0 amide bonds. The van der Waals surface area contributed by atoms with Gasteiger partial charge in [-0.1, -0.05) is 121 Å². The summed E-state index contributed by atoms with van der Waals surface area (Å²) in [5, 5.41) is 20.1. The first-order chi connectivity index (χ1) is 20.9. The number of hydrogen-bond acceptors (Lipinski definition) is 7. The first kappa shape index (κ1) is 38.8. The molecule has 0 heterocycles. The number of ether oxygens (including phenoxy) is 2. The zero-order valence-electron chi connectivity index (χ0n) is 27.1. The van der Waals surface area contributed by atoms with E-state index < -0.39 is 18.2 Å². The van der Waals surface area contributed by atoms with Crippen LogP contribution >= 0.6 is 0 Å². The van der Waals surface area contributed by atoms with Gasteiger partial charge in [0.05, 0.1) is 6.10 Å². The van der Waals surface area contributed by atoms with Crippen molar-refractivity contribution in [2.24, 2.45) is 11.8 Å². The normalized spacial score (nSPS) is 18.1. The molecule has 0 aromatic rings. The van der Waals surface area contributed by atoms with Crippen LogP contribution in [0.3, 0.4) is 0 Å². The van der Waals surface area contributed by atoms with Crippen LogP contribution in [0.15, 0.2) is 36.5 Å². The number of ketones is 1. The van der Waals surface area contributed by atoms with Crippen LogP contribution in [0, 0.1) is 11.8 Å². The highest BCUT2D eigenvalue weighted by Crippen LogP contribution is 2.27. The Kier molecular flexibility index (Phi) is 23.6. The molecule has 1 aliphatic rings. The van der Waals surface area contributed by atoms with Crippen molar-refractivity contribution in [3.63, 3.8) is 0 Å². The molecule has 4 atom stereocenters. The highest BCUT2D eigenvalue weighted by molar-refractivity contribution is 5.95. The van der Waals surface area contributed by atoms with Gasteiger partial charge in [0, 0.05) is 18.8 Å². The minimum absolute atomic E-state index is 0.0733. The smallest absolute Gasteiger partial charge is 0.305 e. The van der Waals surface area contributed by atoms with Crippen molar-refractivity contribution >= 4 is 17.7 Å². The number of aliphatic hydroxyl groups is 2. The van der Waals surface area contributed by atoms with E-state index in [0.29, 0.717) is 19.3 Å². The Morgan fingerprint density at radius 3 is 1.98 bits per heavy atom. The van der Waals surface area contributed by atoms with E-state index in [-0.39, 0.29) is 43.2 Å². The third-order valence-electron chi connectivity index (χ3n) is 7.88. The van der Waals surface area contributed by atoms with E-state index in [9.17, 15) is 24.6 Å². The van der Waals surface area contributed by atoms with Crippen LogP contribution in [0.1, 0.15) is 136 Å². The summed E-state index contributed by atoms with van der Waals surface area (Å²) in [7, 11) is 0. The van der Waals surface area contributed by atoms with Crippen LogP contribution in [0.25, 0.3) is 0 Å². The zero-order valence-corrected chi connectivity index (χ0v) is 27.1. The van der Waals surface area contributed by atoms with Crippen molar-refractivity contribution in [1.29, 1.82) is 0 Å². The van der Waals surface area contributed by atoms with Crippen molar-refractivity contribution in [2.45, 2.75) is 148 Å². The molecule has 0 radical (unpaired) electrons. The van der Waals surface area contributed by atoms with Gasteiger partial charge in [-0.15, -0.1) is 0 Å². The monoisotopic (exact) mass is 604 g/mol. The number of allylic oxidation sites excluding steroid dienone is 5. The van der Waals surface area contributed by atoms with Gasteiger partial charge in [-0.3, -0.25) is 14.4 Å². The van der Waals surface area contributed by atoms with E-state index in [1.807, 2.05) is 24.3 Å². The molecule has 0 fully saturated rings. The largest absolute Gasteiger partial charge is 0.463 e. The number of esters is 2. The lowest BCUT2D eigenvalue weighted by Gasteiger charge is -2.13. The van der Waals surface area contributed by atoms with E-state index in [2.05, 4.69) is 13.8 Å². The Labute approximate surface area is 261 Å². The second kappa shape index (κ2) is 26.2. The molecule has 0 saturated heterocycles. The molecule has 43 heavy (non-hydrogen) atoms. The van der Waals surface area contributed by atoms with Crippen molar-refractivity contribution in [3.05, 3.63) is 36.5 Å². The van der Waals surface area contributed by atoms with Crippen LogP contribution in [-0.4, -0.2) is 53.4 Å². The highest BCUT2D eigenvalue weighted by atomic mass is 16.6. The van der Waals surface area contributed by atoms with Crippen molar-refractivity contribution in [3.8, 4) is 0 Å². The third kappa shape index (κ3) is 21.2. The molecule has 0 spiro atoms. The SMILES string of the molecule is CCCCCCCCCCCCC(=O)OC[C@@H](O)COC(=O)CCC/C=C\C[C@H]1C=CC(=O)[C@@H]1/C=C/[C@@H](O)CCCCC. The molecule has 7 nitrogen and oxygen atoms in total. The lowest BCUT2D eigenvalue weighted by molar-refractivity contribution is -0.152. The van der Waals surface area contributed by atoms with Gasteiger partial charge in [0.25, 0.3) is 0 Å². The fourth-order valence-corrected chi connectivity index (χ4v) is 5.13. The molecule has 1 aliphatic carbocycles. The minimum atomic E-state index is -1.03. The second-order valence-corrected chi connectivity index (χ2v) is 12.0. The number of carbonyl (C=O) groups is 3. The minimum Gasteiger partial charge on any atom is -0.463 e. The molecular weight excluding hydrogens is 544 g/mol. The van der Waals surface area contributed by atoms with Gasteiger partial charge in [0.15, 0.2) is 5.78 Å². The lowest BCUT2D eigenvalue weighted by Crippen LogP contribution is -2.25. The highest BCUT2D eigenvalue weighted by Gasteiger charge is 2.26. The first-order valence-electron chi connectivity index (χ1n) is 17.1. The standard InChI is InChI=1S/C36H60O7/c1-3-5-7-8-9-10-11-12-13-18-22-35(40)42-28-32(38)29-43-36(41)23-19-15-14-17-20-30-24-27-34(39)33(30)26-25-31(37)21-16-6-4-2/h14,17,24-27,30-33,37-38H,3-13,15-16,18-23,28-29H2,1-2H3/b17-14-,26-25+/t30-,31-,32+,33+/m0/s1. The van der Waals surface area contributed by atoms with Gasteiger partial charge in [0.2, 0.25) is 0 Å². The summed E-state index contributed by atoms with van der Waals surface area (Å²) in [6.45, 7) is 4.00. The van der Waals surface area contributed by atoms with Crippen LogP contribution in [0.5, 0.6) is 0 Å². The predicted molar refractivity (Wildman–Crippen MR) is 172 cm³/mol. The number of carbonyl (C=O) groups excluding carboxylic acids is 3. The summed E-state index contributed by atoms with van der Waals surface area (Å²) in [4.78, 5) is 36.1. The van der Waals surface area contributed by atoms with Gasteiger partial charge in [-0.2, -0.15) is 0 Å². The van der Waals surface area contributed by atoms with E-state index in [4.69, 9.17) is 9.47 Å². The number of aliphatic hydroxyl groups excluding tert-OH is 2. The Morgan fingerprint density at radius 2 is 1.35 bits per heavy atom. The van der Waals surface area contributed by atoms with Crippen molar-refractivity contribution in [1.82, 2.24) is 0 Å². The molecule has 2 N–H and O–H groups in total. The molecule has 0 aliphatic heterocycles. The van der Waals surface area contributed by atoms with E-state index in [0.717, 1.165) is 51.4 Å². The van der Waals surface area contributed by atoms with Gasteiger partial charge in [-0.05, 0) is 44.1 Å². The van der Waals surface area contributed by atoms with Crippen LogP contribution in [-0.2, 0) is 23.9 Å². The van der Waals surface area contributed by atoms with Crippen LogP contribution in [0.4, 0.5) is 0 Å². The number of rotatable bonds is 27. The van der Waals surface area contributed by atoms with E-state index >= 15 is 0 Å². The molecule has 0 aromatic carbocycles. The van der Waals surface area contributed by atoms with E-state index in [1.54, 1.807) is 12.2 Å². The Hall–Kier alpha value is -2.25. The average molecular weight is 605 g/mol. The summed E-state index contributed by atoms with van der Waals surface area (Å²) in [6, 6.07) is 0. The van der Waals surface area contributed by atoms with Gasteiger partial charge < -0.3 is 19.7 Å². The fourth-order valence-electron chi connectivity index (χ4n) is 5.13. The predicted octanol–water partition coefficient (Wildman–Crippen LogP) is 7.73. The maximum Gasteiger partial charge on any atom is 0.305 e. The summed E-state index contributed by atoms with van der Waals surface area (Å²) >= 11 is 0. The quantitative estimate of drug-likeness (QED) is 0.0561. The third-order valence-corrected chi connectivity index (χ3v) is 7.88. The number of hydrogen-bond donors (Lipinski definition) is 2. The number of unbranched alkanes of at least 4 members (excludes halogenated alkanes) is 12. The fraction of sp³-hybridized carbons (Fsp3) is 0.750. The van der Waals surface area contributed by atoms with Gasteiger partial charge in [0.1, 0.15) is 19.3 Å². The Balaban J connectivity index is 2.07. The summed E-state index contributed by atoms with van der Waals surface area (Å²) in [6.07, 6.45) is 28.2. The summed E-state index contributed by atoms with van der Waals surface area (Å²) < 4.78 is 10.2. The second-order valence-electron chi connectivity index (χ2n) is 12.0. The van der Waals surface area contributed by atoms with Crippen molar-refractivity contribution < 1.29 is 34.1 Å². The average Bonchev–Trinajstić information content (AvgIpc) is 3.35. The molecule has 0 unspecified atom stereocenters. The maximum atomic E-state index is 12.2. The lowest BCUT2D eigenvalue weighted by atomic mass is 9.90. The van der Waals surface area contributed by atoms with E-state index in [1.165, 1.54) is 44.9 Å². The molecular formula is C36H60O7. The molecule has 0 bridgehead atoms. The van der Waals surface area contributed by atoms with Gasteiger partial charge >= 0.3 is 11.9 Å². The molecule has 246 valence electrons. The Bertz CT molecular complexity index is 831. The Morgan fingerprint density at radius 1 is 0.791 bits per heavy atom. The van der Waals surface area contributed by atoms with Crippen LogP contribution in [0.2, 0.25) is 0 Å². The topological polar surface area (TPSA) is 110 Å².